The number of benzene rings is 2. The standard InChI is InChI=1S/C31H45N3O4/c1-22(2)21-37-28-16-18-34(31(35)32-19-24-11-13-26(36-5)14-12-24)17-15-27(28)33(4)20-23(3)29-30(38-29)25-9-7-6-8-10-25/h6-14,22-23,27-30H,15-21H2,1-5H3,(H,32,35)/t23-,27+,28+,29-,30-/m0/s1. The molecule has 2 amide bonds. The van der Waals surface area contributed by atoms with Crippen LogP contribution in [0.5, 0.6) is 5.75 Å². The Morgan fingerprint density at radius 1 is 1.08 bits per heavy atom. The van der Waals surface area contributed by atoms with Crippen molar-refractivity contribution in [1.29, 1.82) is 0 Å². The summed E-state index contributed by atoms with van der Waals surface area (Å²) in [6.07, 6.45) is 2.26. The van der Waals surface area contributed by atoms with Crippen molar-refractivity contribution in [2.24, 2.45) is 11.8 Å². The summed E-state index contributed by atoms with van der Waals surface area (Å²) in [5, 5.41) is 3.09. The minimum Gasteiger partial charge on any atom is -0.497 e. The van der Waals surface area contributed by atoms with Crippen LogP contribution < -0.4 is 10.1 Å². The molecule has 4 rings (SSSR count). The highest BCUT2D eigenvalue weighted by atomic mass is 16.6. The SMILES string of the molecule is COc1ccc(CNC(=O)N2CC[C@@H](N(C)C[C@H](C)[C@@H]3O[C@H]3c3ccccc3)[C@H](OCC(C)C)CC2)cc1. The second kappa shape index (κ2) is 13.5. The van der Waals surface area contributed by atoms with Crippen LogP contribution >= 0.6 is 0 Å². The molecule has 2 aliphatic rings. The van der Waals surface area contributed by atoms with Crippen molar-refractivity contribution in [2.75, 3.05) is 40.4 Å². The highest BCUT2D eigenvalue weighted by molar-refractivity contribution is 5.74. The maximum absolute atomic E-state index is 13.1. The first kappa shape index (κ1) is 28.4. The second-order valence-electron chi connectivity index (χ2n) is 11.3. The average Bonchev–Trinajstić information content (AvgIpc) is 3.75. The lowest BCUT2D eigenvalue weighted by Gasteiger charge is -2.35. The predicted molar refractivity (Wildman–Crippen MR) is 150 cm³/mol. The number of likely N-dealkylation sites (N-methyl/N-ethyl adjacent to an activating group) is 1. The summed E-state index contributed by atoms with van der Waals surface area (Å²) < 4.78 is 17.7. The fourth-order valence-electron chi connectivity index (χ4n) is 5.47. The van der Waals surface area contributed by atoms with Crippen molar-refractivity contribution >= 4 is 6.03 Å². The van der Waals surface area contributed by atoms with Crippen LogP contribution in [0.3, 0.4) is 0 Å². The molecule has 2 saturated heterocycles. The Morgan fingerprint density at radius 3 is 2.47 bits per heavy atom. The fourth-order valence-corrected chi connectivity index (χ4v) is 5.47. The maximum atomic E-state index is 13.1. The number of hydrogen-bond donors (Lipinski definition) is 1. The number of hydrogen-bond acceptors (Lipinski definition) is 5. The third-order valence-electron chi connectivity index (χ3n) is 7.70. The van der Waals surface area contributed by atoms with Gasteiger partial charge in [-0.15, -0.1) is 0 Å². The molecule has 1 N–H and O–H groups in total. The molecule has 2 aromatic carbocycles. The number of nitrogens with one attached hydrogen (secondary N) is 1. The molecular weight excluding hydrogens is 478 g/mol. The first-order valence-corrected chi connectivity index (χ1v) is 14.0. The second-order valence-corrected chi connectivity index (χ2v) is 11.3. The number of carbonyl (C=O) groups is 1. The molecule has 0 aliphatic carbocycles. The lowest BCUT2D eigenvalue weighted by atomic mass is 9.98. The van der Waals surface area contributed by atoms with Gasteiger partial charge in [0.05, 0.1) is 19.3 Å². The molecule has 0 aromatic heterocycles. The van der Waals surface area contributed by atoms with E-state index in [4.69, 9.17) is 14.2 Å². The minimum atomic E-state index is -0.0165. The average molecular weight is 524 g/mol. The zero-order valence-corrected chi connectivity index (χ0v) is 23.6. The lowest BCUT2D eigenvalue weighted by Crippen LogP contribution is -2.45. The number of epoxide rings is 1. The van der Waals surface area contributed by atoms with Gasteiger partial charge in [-0.2, -0.15) is 0 Å². The highest BCUT2D eigenvalue weighted by Gasteiger charge is 2.44. The zero-order valence-electron chi connectivity index (χ0n) is 23.6. The number of ether oxygens (including phenoxy) is 3. The molecule has 38 heavy (non-hydrogen) atoms. The summed E-state index contributed by atoms with van der Waals surface area (Å²) in [7, 11) is 3.85. The molecule has 2 fully saturated rings. The summed E-state index contributed by atoms with van der Waals surface area (Å²) in [4.78, 5) is 17.5. The minimum absolute atomic E-state index is 0.0165. The van der Waals surface area contributed by atoms with Crippen LogP contribution in [0.2, 0.25) is 0 Å². The fraction of sp³-hybridized carbons (Fsp3) is 0.581. The van der Waals surface area contributed by atoms with Gasteiger partial charge in [0.1, 0.15) is 11.9 Å². The number of rotatable bonds is 11. The van der Waals surface area contributed by atoms with Crippen LogP contribution in [-0.4, -0.2) is 74.5 Å². The van der Waals surface area contributed by atoms with E-state index in [1.807, 2.05) is 35.2 Å². The van der Waals surface area contributed by atoms with Gasteiger partial charge >= 0.3 is 6.03 Å². The van der Waals surface area contributed by atoms with Crippen LogP contribution in [0.15, 0.2) is 54.6 Å². The van der Waals surface area contributed by atoms with Gasteiger partial charge in [0.2, 0.25) is 0 Å². The van der Waals surface area contributed by atoms with Gasteiger partial charge in [0.25, 0.3) is 0 Å². The summed E-state index contributed by atoms with van der Waals surface area (Å²) >= 11 is 0. The summed E-state index contributed by atoms with van der Waals surface area (Å²) in [6.45, 7) is 10.2. The Hall–Kier alpha value is -2.61. The van der Waals surface area contributed by atoms with E-state index in [2.05, 4.69) is 62.3 Å². The maximum Gasteiger partial charge on any atom is 0.317 e. The van der Waals surface area contributed by atoms with Gasteiger partial charge in [-0.25, -0.2) is 4.79 Å². The van der Waals surface area contributed by atoms with Crippen molar-refractivity contribution in [3.05, 3.63) is 65.7 Å². The van der Waals surface area contributed by atoms with E-state index in [9.17, 15) is 4.79 Å². The quantitative estimate of drug-likeness (QED) is 0.414. The lowest BCUT2D eigenvalue weighted by molar-refractivity contribution is -0.0236. The molecule has 2 aromatic rings. The molecule has 5 atom stereocenters. The third-order valence-corrected chi connectivity index (χ3v) is 7.70. The Kier molecular flexibility index (Phi) is 10.1. The van der Waals surface area contributed by atoms with E-state index in [1.54, 1.807) is 7.11 Å². The third kappa shape index (κ3) is 7.71. The Labute approximate surface area is 228 Å². The molecule has 0 unspecified atom stereocenters. The molecule has 208 valence electrons. The van der Waals surface area contributed by atoms with Crippen molar-refractivity contribution < 1.29 is 19.0 Å². The van der Waals surface area contributed by atoms with Crippen LogP contribution in [0.4, 0.5) is 4.79 Å². The topological polar surface area (TPSA) is 66.6 Å². The molecule has 0 spiro atoms. The van der Waals surface area contributed by atoms with Crippen LogP contribution in [0, 0.1) is 11.8 Å². The zero-order chi connectivity index (χ0) is 27.1. The van der Waals surface area contributed by atoms with Crippen LogP contribution in [-0.2, 0) is 16.0 Å². The molecule has 2 heterocycles. The summed E-state index contributed by atoms with van der Waals surface area (Å²) in [6, 6.07) is 18.5. The van der Waals surface area contributed by atoms with E-state index in [1.165, 1.54) is 5.56 Å². The van der Waals surface area contributed by atoms with E-state index in [0.29, 0.717) is 31.5 Å². The van der Waals surface area contributed by atoms with Crippen molar-refractivity contribution in [2.45, 2.75) is 64.5 Å². The summed E-state index contributed by atoms with van der Waals surface area (Å²) in [5.41, 5.74) is 2.31. The van der Waals surface area contributed by atoms with Gasteiger partial charge in [-0.3, -0.25) is 0 Å². The smallest absolute Gasteiger partial charge is 0.317 e. The monoisotopic (exact) mass is 523 g/mol. The Bertz CT molecular complexity index is 1000. The molecule has 2 aliphatic heterocycles. The van der Waals surface area contributed by atoms with E-state index in [0.717, 1.165) is 37.3 Å². The molecule has 0 radical (unpaired) electrons. The van der Waals surface area contributed by atoms with Gasteiger partial charge in [0, 0.05) is 38.8 Å². The van der Waals surface area contributed by atoms with E-state index >= 15 is 0 Å². The van der Waals surface area contributed by atoms with Crippen molar-refractivity contribution in [3.8, 4) is 5.75 Å². The largest absolute Gasteiger partial charge is 0.497 e. The van der Waals surface area contributed by atoms with Crippen LogP contribution in [0.1, 0.15) is 50.8 Å². The van der Waals surface area contributed by atoms with E-state index in [-0.39, 0.29) is 30.4 Å². The normalized spacial score (nSPS) is 24.2. The van der Waals surface area contributed by atoms with Gasteiger partial charge < -0.3 is 29.3 Å². The Balaban J connectivity index is 1.33. The molecular formula is C31H45N3O4. The predicted octanol–water partition coefficient (Wildman–Crippen LogP) is 5.12. The van der Waals surface area contributed by atoms with Gasteiger partial charge in [-0.05, 0) is 55.0 Å². The number of methoxy groups -OCH3 is 1. The number of amides is 2. The number of carbonyl (C=O) groups excluding carboxylic acids is 1. The molecule has 7 heteroatoms. The van der Waals surface area contributed by atoms with E-state index < -0.39 is 0 Å². The van der Waals surface area contributed by atoms with Gasteiger partial charge in [0.15, 0.2) is 0 Å². The van der Waals surface area contributed by atoms with Crippen LogP contribution in [0.25, 0.3) is 0 Å². The first-order valence-electron chi connectivity index (χ1n) is 14.0. The number of likely N-dealkylation sites (tertiary alicyclic amines) is 1. The molecule has 0 saturated carbocycles. The Morgan fingerprint density at radius 2 is 1.79 bits per heavy atom. The molecule has 0 bridgehead atoms. The number of urea groups is 1. The van der Waals surface area contributed by atoms with Crippen molar-refractivity contribution in [1.82, 2.24) is 15.1 Å². The molecule has 7 nitrogen and oxygen atoms in total. The van der Waals surface area contributed by atoms with Crippen molar-refractivity contribution in [3.63, 3.8) is 0 Å². The summed E-state index contributed by atoms with van der Waals surface area (Å²) in [5.74, 6) is 1.69. The number of nitrogens with zero attached hydrogens (tertiary/aromatic N) is 2. The first-order chi connectivity index (χ1) is 18.4. The van der Waals surface area contributed by atoms with Gasteiger partial charge in [-0.1, -0.05) is 63.2 Å². The highest BCUT2D eigenvalue weighted by Crippen LogP contribution is 2.43.